The largest absolute Gasteiger partial charge is 0.0622 e. The molecule has 2 fully saturated rings. The molecule has 0 nitrogen and oxygen atoms in total. The molecule has 5 aliphatic rings. The minimum atomic E-state index is -0.694. The lowest BCUT2D eigenvalue weighted by atomic mass is 9.51. The molecule has 0 N–H and O–H groups in total. The van der Waals surface area contributed by atoms with Crippen molar-refractivity contribution in [3.8, 4) is 0 Å². The molecule has 2 heteroatoms. The summed E-state index contributed by atoms with van der Waals surface area (Å²) in [6.07, 6.45) is 4.29. The van der Waals surface area contributed by atoms with Crippen LogP contribution < -0.4 is 31.8 Å². The highest BCUT2D eigenvalue weighted by Gasteiger charge is 2.61. The predicted molar refractivity (Wildman–Crippen MR) is 202 cm³/mol. The van der Waals surface area contributed by atoms with Gasteiger partial charge in [-0.05, 0) is 113 Å². The smallest absolute Gasteiger partial charge is 0.0142 e. The number of rotatable bonds is 6. The van der Waals surface area contributed by atoms with Crippen molar-refractivity contribution in [2.24, 2.45) is 23.7 Å². The van der Waals surface area contributed by atoms with Crippen LogP contribution in [-0.2, 0) is 0 Å². The fourth-order valence-electron chi connectivity index (χ4n) is 10.4. The number of hydrogen-bond donors (Lipinski definition) is 0. The first-order valence-corrected chi connectivity index (χ1v) is 20.1. The summed E-state index contributed by atoms with van der Waals surface area (Å²) in [6.45, 7) is 0. The van der Waals surface area contributed by atoms with Gasteiger partial charge < -0.3 is 0 Å². The maximum atomic E-state index is 2.54. The average molecular weight is 641 g/mol. The summed E-state index contributed by atoms with van der Waals surface area (Å²) >= 11 is 0. The zero-order valence-electron chi connectivity index (χ0n) is 26.5. The fourth-order valence-corrected chi connectivity index (χ4v) is 15.5. The van der Waals surface area contributed by atoms with Crippen LogP contribution in [0.25, 0.3) is 0 Å². The lowest BCUT2D eigenvalue weighted by Crippen LogP contribution is -2.47. The lowest BCUT2D eigenvalue weighted by molar-refractivity contribution is 0.151. The molecule has 4 atom stereocenters. The number of fused-ring (bicyclic) bond motifs is 2. The molecule has 0 saturated heterocycles. The van der Waals surface area contributed by atoms with Crippen LogP contribution >= 0.6 is 15.8 Å². The van der Waals surface area contributed by atoms with Crippen LogP contribution in [0.4, 0.5) is 0 Å². The molecule has 0 spiro atoms. The standard InChI is InChI=1S/C45H38P2/c1-5-15-32(16-6-1)46(33-17-7-2-8-18-33)38-25-13-23-36-42-37-24-14-26-39(47(34-19-9-3-10-20-34)35-21-11-4-12-22-35)44(37)45(43(36)38)41-31-28-27-30(29-31)40(41)42/h1-26,30-31,40-42,45H,27-29H2/t30-,31+,40+,41-,42?,45?/m0/s1. The summed E-state index contributed by atoms with van der Waals surface area (Å²) in [7, 11) is -1.39. The molecule has 0 aromatic heterocycles. The van der Waals surface area contributed by atoms with Crippen LogP contribution in [0.1, 0.15) is 53.4 Å². The van der Waals surface area contributed by atoms with Crippen molar-refractivity contribution in [1.82, 2.24) is 0 Å². The van der Waals surface area contributed by atoms with Crippen LogP contribution in [0.15, 0.2) is 158 Å². The summed E-state index contributed by atoms with van der Waals surface area (Å²) in [5.41, 5.74) is 6.69. The van der Waals surface area contributed by atoms with E-state index in [0.717, 1.165) is 23.7 Å². The maximum absolute atomic E-state index is 2.54. The molecule has 2 saturated carbocycles. The van der Waals surface area contributed by atoms with Crippen LogP contribution in [0.2, 0.25) is 0 Å². The topological polar surface area (TPSA) is 0 Å². The van der Waals surface area contributed by atoms with Gasteiger partial charge in [0.2, 0.25) is 0 Å². The Labute approximate surface area is 281 Å². The molecule has 228 valence electrons. The van der Waals surface area contributed by atoms with E-state index in [2.05, 4.69) is 158 Å². The third-order valence-corrected chi connectivity index (χ3v) is 16.9. The lowest BCUT2D eigenvalue weighted by Gasteiger charge is -2.54. The van der Waals surface area contributed by atoms with Gasteiger partial charge in [0.25, 0.3) is 0 Å². The molecule has 0 radical (unpaired) electrons. The quantitative estimate of drug-likeness (QED) is 0.160. The summed E-state index contributed by atoms with van der Waals surface area (Å²) < 4.78 is 0. The van der Waals surface area contributed by atoms with Gasteiger partial charge >= 0.3 is 0 Å². The van der Waals surface area contributed by atoms with Gasteiger partial charge in [-0.1, -0.05) is 158 Å². The van der Waals surface area contributed by atoms with E-state index in [1.54, 1.807) is 32.9 Å². The van der Waals surface area contributed by atoms with Gasteiger partial charge in [0.15, 0.2) is 0 Å². The van der Waals surface area contributed by atoms with Crippen molar-refractivity contribution in [3.05, 3.63) is 180 Å². The Morgan fingerprint density at radius 3 is 1.11 bits per heavy atom. The maximum Gasteiger partial charge on any atom is 0.0142 e. The summed E-state index contributed by atoms with van der Waals surface area (Å²) in [4.78, 5) is 0. The Morgan fingerprint density at radius 1 is 0.362 bits per heavy atom. The average Bonchev–Trinajstić information content (AvgIpc) is 3.78. The van der Waals surface area contributed by atoms with Crippen LogP contribution in [0, 0.1) is 23.7 Å². The Bertz CT molecular complexity index is 1840. The Hall–Kier alpha value is -3.82. The third kappa shape index (κ3) is 4.35. The summed E-state index contributed by atoms with van der Waals surface area (Å²) in [6, 6.07) is 60.5. The van der Waals surface area contributed by atoms with Gasteiger partial charge in [-0.15, -0.1) is 0 Å². The first kappa shape index (κ1) is 28.2. The summed E-state index contributed by atoms with van der Waals surface area (Å²) in [5, 5.41) is 9.01. The van der Waals surface area contributed by atoms with Gasteiger partial charge in [0, 0.05) is 11.8 Å². The molecule has 6 aromatic rings. The minimum Gasteiger partial charge on any atom is -0.0622 e. The second kappa shape index (κ2) is 11.4. The molecule has 5 aliphatic carbocycles. The van der Waals surface area contributed by atoms with E-state index in [0.29, 0.717) is 11.8 Å². The van der Waals surface area contributed by atoms with Gasteiger partial charge in [-0.2, -0.15) is 0 Å². The second-order valence-electron chi connectivity index (χ2n) is 14.0. The molecular formula is C45H38P2. The van der Waals surface area contributed by atoms with Crippen molar-refractivity contribution in [2.45, 2.75) is 31.1 Å². The highest BCUT2D eigenvalue weighted by atomic mass is 31.1. The fraction of sp³-hybridized carbons (Fsp3) is 0.200. The predicted octanol–water partition coefficient (Wildman–Crippen LogP) is 8.46. The van der Waals surface area contributed by atoms with Gasteiger partial charge in [0.05, 0.1) is 0 Å². The van der Waals surface area contributed by atoms with Gasteiger partial charge in [-0.25, -0.2) is 0 Å². The highest BCUT2D eigenvalue weighted by Crippen LogP contribution is 2.70. The monoisotopic (exact) mass is 640 g/mol. The van der Waals surface area contributed by atoms with Crippen molar-refractivity contribution < 1.29 is 0 Å². The second-order valence-corrected chi connectivity index (χ2v) is 18.4. The van der Waals surface area contributed by atoms with E-state index in [-0.39, 0.29) is 0 Å². The highest BCUT2D eigenvalue weighted by molar-refractivity contribution is 7.80. The van der Waals surface area contributed by atoms with E-state index >= 15 is 0 Å². The first-order valence-electron chi connectivity index (χ1n) is 17.4. The molecule has 0 unspecified atom stereocenters. The molecule has 4 bridgehead atoms. The van der Waals surface area contributed by atoms with E-state index in [1.807, 2.05) is 0 Å². The molecule has 0 aliphatic heterocycles. The van der Waals surface area contributed by atoms with Crippen LogP contribution in [-0.4, -0.2) is 0 Å². The molecule has 47 heavy (non-hydrogen) atoms. The minimum absolute atomic E-state index is 0.451. The van der Waals surface area contributed by atoms with E-state index in [4.69, 9.17) is 0 Å². The number of hydrogen-bond acceptors (Lipinski definition) is 0. The van der Waals surface area contributed by atoms with Gasteiger partial charge in [-0.3, -0.25) is 0 Å². The van der Waals surface area contributed by atoms with Gasteiger partial charge in [0.1, 0.15) is 0 Å². The van der Waals surface area contributed by atoms with Crippen molar-refractivity contribution >= 4 is 47.7 Å². The summed E-state index contributed by atoms with van der Waals surface area (Å²) in [5.74, 6) is 4.20. The van der Waals surface area contributed by atoms with E-state index in [1.165, 1.54) is 40.5 Å². The molecule has 6 aromatic carbocycles. The van der Waals surface area contributed by atoms with E-state index in [9.17, 15) is 0 Å². The Morgan fingerprint density at radius 2 is 0.723 bits per heavy atom. The Kier molecular flexibility index (Phi) is 6.85. The first-order chi connectivity index (χ1) is 23.4. The van der Waals surface area contributed by atoms with Crippen LogP contribution in [0.5, 0.6) is 0 Å². The molecule has 0 amide bonds. The van der Waals surface area contributed by atoms with Crippen molar-refractivity contribution in [2.75, 3.05) is 0 Å². The SMILES string of the molecule is c1ccc(P(c2ccccc2)c2cccc3c2C2c4c(cccc4P(c4ccccc4)c4ccccc4)C3[C@@H]3[C@H]4CC[C@H](C4)[C@H]23)cc1. The Balaban J connectivity index is 1.25. The normalized spacial score (nSPS) is 24.7. The molecular weight excluding hydrogens is 602 g/mol. The van der Waals surface area contributed by atoms with Crippen LogP contribution in [0.3, 0.4) is 0 Å². The number of benzene rings is 6. The molecule has 11 rings (SSSR count). The van der Waals surface area contributed by atoms with Crippen molar-refractivity contribution in [3.63, 3.8) is 0 Å². The van der Waals surface area contributed by atoms with E-state index < -0.39 is 15.8 Å². The third-order valence-electron chi connectivity index (χ3n) is 11.9. The zero-order valence-corrected chi connectivity index (χ0v) is 28.3. The molecule has 0 heterocycles. The zero-order chi connectivity index (χ0) is 30.9. The van der Waals surface area contributed by atoms with Crippen molar-refractivity contribution in [1.29, 1.82) is 0 Å².